The van der Waals surface area contributed by atoms with Crippen molar-refractivity contribution < 1.29 is 13.5 Å². The van der Waals surface area contributed by atoms with Gasteiger partial charge in [0.1, 0.15) is 5.75 Å². The second kappa shape index (κ2) is 3.89. The van der Waals surface area contributed by atoms with Crippen molar-refractivity contribution in [2.75, 3.05) is 7.11 Å². The van der Waals surface area contributed by atoms with E-state index in [4.69, 9.17) is 16.3 Å². The van der Waals surface area contributed by atoms with Gasteiger partial charge in [0, 0.05) is 5.02 Å². The van der Waals surface area contributed by atoms with Crippen LogP contribution in [-0.2, 0) is 11.1 Å². The van der Waals surface area contributed by atoms with Crippen LogP contribution in [0.15, 0.2) is 23.1 Å². The number of halogens is 1. The molecule has 0 bridgehead atoms. The molecule has 0 heterocycles. The molecule has 1 aromatic rings. The maximum Gasteiger partial charge on any atom is 0.133 e. The zero-order chi connectivity index (χ0) is 9.14. The highest BCUT2D eigenvalue weighted by Crippen LogP contribution is 2.24. The van der Waals surface area contributed by atoms with Gasteiger partial charge >= 0.3 is 0 Å². The van der Waals surface area contributed by atoms with E-state index in [1.165, 1.54) is 19.2 Å². The monoisotopic (exact) mass is 205 g/mol. The van der Waals surface area contributed by atoms with Gasteiger partial charge in [0.05, 0.1) is 12.0 Å². The molecule has 1 aromatic carbocycles. The minimum atomic E-state index is -2.31. The Morgan fingerprint density at radius 2 is 2.25 bits per heavy atom. The van der Waals surface area contributed by atoms with E-state index in [0.717, 1.165) is 0 Å². The molecule has 0 saturated heterocycles. The lowest BCUT2D eigenvalue weighted by molar-refractivity contribution is 0.401. The molecule has 0 amide bonds. The molecule has 1 unspecified atom stereocenters. The largest absolute Gasteiger partial charge is 0.768 e. The summed E-state index contributed by atoms with van der Waals surface area (Å²) in [6.07, 6.45) is 0. The molecule has 1 rings (SSSR count). The summed E-state index contributed by atoms with van der Waals surface area (Å²) in [4.78, 5) is 0.0741. The Morgan fingerprint density at radius 1 is 1.58 bits per heavy atom. The third-order valence-corrected chi connectivity index (χ3v) is 2.22. The van der Waals surface area contributed by atoms with Crippen LogP contribution in [0.1, 0.15) is 0 Å². The molecule has 1 atom stereocenters. The van der Waals surface area contributed by atoms with Crippen molar-refractivity contribution in [2.24, 2.45) is 0 Å². The van der Waals surface area contributed by atoms with Crippen LogP contribution in [0, 0.1) is 0 Å². The van der Waals surface area contributed by atoms with Crippen LogP contribution < -0.4 is 4.74 Å². The van der Waals surface area contributed by atoms with Crippen molar-refractivity contribution in [1.29, 1.82) is 0 Å². The van der Waals surface area contributed by atoms with Crippen molar-refractivity contribution in [1.82, 2.24) is 0 Å². The Morgan fingerprint density at radius 3 is 2.75 bits per heavy atom. The van der Waals surface area contributed by atoms with Gasteiger partial charge in [0.15, 0.2) is 0 Å². The first-order chi connectivity index (χ1) is 5.65. The van der Waals surface area contributed by atoms with Crippen LogP contribution >= 0.6 is 11.6 Å². The SMILES string of the molecule is COc1ccc(Cl)cc1S(=O)[O-]. The van der Waals surface area contributed by atoms with Gasteiger partial charge in [-0.3, -0.25) is 4.21 Å². The molecule has 0 aliphatic rings. The van der Waals surface area contributed by atoms with E-state index in [2.05, 4.69) is 0 Å². The van der Waals surface area contributed by atoms with Crippen LogP contribution in [0.5, 0.6) is 5.75 Å². The van der Waals surface area contributed by atoms with Gasteiger partial charge in [-0.2, -0.15) is 0 Å². The zero-order valence-electron chi connectivity index (χ0n) is 6.24. The summed E-state index contributed by atoms with van der Waals surface area (Å²) >= 11 is 3.28. The average molecular weight is 206 g/mol. The quantitative estimate of drug-likeness (QED) is 0.689. The fourth-order valence-corrected chi connectivity index (χ4v) is 1.56. The summed E-state index contributed by atoms with van der Waals surface area (Å²) in [6.45, 7) is 0. The number of rotatable bonds is 2. The van der Waals surface area contributed by atoms with E-state index in [9.17, 15) is 8.76 Å². The Bertz CT molecular complexity index is 314. The Balaban J connectivity index is 3.21. The van der Waals surface area contributed by atoms with Crippen molar-refractivity contribution in [3.05, 3.63) is 23.2 Å². The summed E-state index contributed by atoms with van der Waals surface area (Å²) in [6, 6.07) is 4.41. The number of benzene rings is 1. The van der Waals surface area contributed by atoms with Gasteiger partial charge in [0.2, 0.25) is 0 Å². The van der Waals surface area contributed by atoms with Crippen LogP contribution in [0.25, 0.3) is 0 Å². The second-order valence-electron chi connectivity index (χ2n) is 2.03. The van der Waals surface area contributed by atoms with Crippen LogP contribution in [0.2, 0.25) is 5.02 Å². The fourth-order valence-electron chi connectivity index (χ4n) is 0.781. The maximum atomic E-state index is 10.6. The highest BCUT2D eigenvalue weighted by molar-refractivity contribution is 7.79. The standard InChI is InChI=1S/C7H7ClO3S/c1-11-6-3-2-5(8)4-7(6)12(9)10/h2-4H,1H3,(H,9,10)/p-1. The predicted octanol–water partition coefficient (Wildman–Crippen LogP) is 1.59. The molecule has 3 nitrogen and oxygen atoms in total. The predicted molar refractivity (Wildman–Crippen MR) is 45.2 cm³/mol. The maximum absolute atomic E-state index is 10.6. The lowest BCUT2D eigenvalue weighted by atomic mass is 10.3. The molecule has 0 spiro atoms. The normalized spacial score (nSPS) is 12.6. The van der Waals surface area contributed by atoms with Crippen LogP contribution in [0.3, 0.4) is 0 Å². The summed E-state index contributed by atoms with van der Waals surface area (Å²) < 4.78 is 26.0. The smallest absolute Gasteiger partial charge is 0.133 e. The topological polar surface area (TPSA) is 49.4 Å². The highest BCUT2D eigenvalue weighted by Gasteiger charge is 2.02. The van der Waals surface area contributed by atoms with E-state index in [1.54, 1.807) is 6.07 Å². The molecule has 5 heteroatoms. The van der Waals surface area contributed by atoms with Gasteiger partial charge in [-0.25, -0.2) is 0 Å². The summed E-state index contributed by atoms with van der Waals surface area (Å²) in [5.41, 5.74) is 0. The van der Waals surface area contributed by atoms with Gasteiger partial charge < -0.3 is 9.29 Å². The zero-order valence-corrected chi connectivity index (χ0v) is 7.82. The van der Waals surface area contributed by atoms with Gasteiger partial charge in [-0.05, 0) is 29.3 Å². The Hall–Kier alpha value is -0.580. The van der Waals surface area contributed by atoms with Crippen molar-refractivity contribution in [3.8, 4) is 5.75 Å². The molecule has 0 aliphatic carbocycles. The van der Waals surface area contributed by atoms with E-state index >= 15 is 0 Å². The molecular formula is C7H6ClO3S-. The lowest BCUT2D eigenvalue weighted by Crippen LogP contribution is -1.94. The summed E-state index contributed by atoms with van der Waals surface area (Å²) in [7, 11) is 1.40. The molecule has 66 valence electrons. The molecule has 0 aromatic heterocycles. The third kappa shape index (κ3) is 1.97. The van der Waals surface area contributed by atoms with Gasteiger partial charge in [0.25, 0.3) is 0 Å². The number of hydrogen-bond donors (Lipinski definition) is 0. The van der Waals surface area contributed by atoms with E-state index < -0.39 is 11.1 Å². The lowest BCUT2D eigenvalue weighted by Gasteiger charge is -2.10. The first-order valence-electron chi connectivity index (χ1n) is 3.08. The van der Waals surface area contributed by atoms with Gasteiger partial charge in [-0.1, -0.05) is 11.6 Å². The van der Waals surface area contributed by atoms with Crippen molar-refractivity contribution >= 4 is 22.7 Å². The second-order valence-corrected chi connectivity index (χ2v) is 3.38. The number of ether oxygens (including phenoxy) is 1. The highest BCUT2D eigenvalue weighted by atomic mass is 35.5. The minimum Gasteiger partial charge on any atom is -0.768 e. The molecule has 0 N–H and O–H groups in total. The third-order valence-electron chi connectivity index (χ3n) is 1.31. The first kappa shape index (κ1) is 9.51. The molecule has 0 fully saturated rings. The Kier molecular flexibility index (Phi) is 3.08. The van der Waals surface area contributed by atoms with E-state index in [0.29, 0.717) is 10.8 Å². The van der Waals surface area contributed by atoms with Crippen LogP contribution in [-0.4, -0.2) is 15.9 Å². The molecular weight excluding hydrogens is 200 g/mol. The minimum absolute atomic E-state index is 0.0741. The first-order valence-corrected chi connectivity index (χ1v) is 4.53. The van der Waals surface area contributed by atoms with E-state index in [-0.39, 0.29) is 4.90 Å². The molecule has 0 saturated carbocycles. The van der Waals surface area contributed by atoms with Gasteiger partial charge in [-0.15, -0.1) is 0 Å². The van der Waals surface area contributed by atoms with Crippen molar-refractivity contribution in [2.45, 2.75) is 4.90 Å². The molecule has 12 heavy (non-hydrogen) atoms. The summed E-state index contributed by atoms with van der Waals surface area (Å²) in [5, 5.41) is 0.370. The number of hydrogen-bond acceptors (Lipinski definition) is 3. The Labute approximate surface area is 77.6 Å². The molecule has 0 radical (unpaired) electrons. The summed E-state index contributed by atoms with van der Waals surface area (Å²) in [5.74, 6) is 0.299. The average Bonchev–Trinajstić information content (AvgIpc) is 2.04. The number of methoxy groups -OCH3 is 1. The molecule has 0 aliphatic heterocycles. The van der Waals surface area contributed by atoms with Crippen LogP contribution in [0.4, 0.5) is 0 Å². The fraction of sp³-hybridized carbons (Fsp3) is 0.143. The van der Waals surface area contributed by atoms with Crippen molar-refractivity contribution in [3.63, 3.8) is 0 Å². The van der Waals surface area contributed by atoms with E-state index in [1.807, 2.05) is 0 Å².